The molecular formula is C9H15Cl2NO2. The highest BCUT2D eigenvalue weighted by Crippen LogP contribution is 1.94. The number of carbonyl (C=O) groups is 1. The molecule has 0 aromatic carbocycles. The molecule has 0 heterocycles. The van der Waals surface area contributed by atoms with E-state index in [-0.39, 0.29) is 5.97 Å². The number of rotatable bonds is 7. The second kappa shape index (κ2) is 9.16. The molecule has 0 atom stereocenters. The van der Waals surface area contributed by atoms with Crippen LogP contribution in [0.25, 0.3) is 0 Å². The van der Waals surface area contributed by atoms with Gasteiger partial charge >= 0.3 is 5.97 Å². The van der Waals surface area contributed by atoms with E-state index in [1.165, 1.54) is 6.08 Å². The summed E-state index contributed by atoms with van der Waals surface area (Å²) in [5.41, 5.74) is 0. The first-order chi connectivity index (χ1) is 6.74. The molecule has 0 radical (unpaired) electrons. The molecule has 3 nitrogen and oxygen atoms in total. The zero-order valence-electron chi connectivity index (χ0n) is 8.21. The van der Waals surface area contributed by atoms with Crippen molar-refractivity contribution >= 4 is 29.2 Å². The normalized spacial score (nSPS) is 10.5. The van der Waals surface area contributed by atoms with E-state index < -0.39 is 0 Å². The molecule has 0 fully saturated rings. The van der Waals surface area contributed by atoms with Gasteiger partial charge in [0.15, 0.2) is 0 Å². The number of hydrogen-bond donors (Lipinski definition) is 0. The summed E-state index contributed by atoms with van der Waals surface area (Å²) in [6, 6.07) is 0. The summed E-state index contributed by atoms with van der Waals surface area (Å²) in [5, 5.41) is 0. The molecule has 0 aliphatic heterocycles. The summed E-state index contributed by atoms with van der Waals surface area (Å²) in [6.07, 6.45) is 3.03. The van der Waals surface area contributed by atoms with Crippen LogP contribution < -0.4 is 0 Å². The Bertz CT molecular complexity index is 180. The number of alkyl halides is 2. The highest BCUT2D eigenvalue weighted by atomic mass is 35.5. The molecule has 5 heteroatoms. The van der Waals surface area contributed by atoms with Gasteiger partial charge in [-0.3, -0.25) is 0 Å². The van der Waals surface area contributed by atoms with Gasteiger partial charge < -0.3 is 9.64 Å². The molecule has 0 N–H and O–H groups in total. The summed E-state index contributed by atoms with van der Waals surface area (Å²) >= 11 is 11.1. The molecule has 0 aromatic heterocycles. The van der Waals surface area contributed by atoms with Gasteiger partial charge in [-0.1, -0.05) is 0 Å². The summed E-state index contributed by atoms with van der Waals surface area (Å²) in [5.74, 6) is 0.662. The molecule has 0 aliphatic rings. The zero-order chi connectivity index (χ0) is 10.8. The van der Waals surface area contributed by atoms with Crippen molar-refractivity contribution in [3.63, 3.8) is 0 Å². The fourth-order valence-electron chi connectivity index (χ4n) is 0.835. The van der Waals surface area contributed by atoms with Crippen LogP contribution in [-0.2, 0) is 9.53 Å². The molecule has 82 valence electrons. The Morgan fingerprint density at radius 1 is 1.36 bits per heavy atom. The Morgan fingerprint density at radius 3 is 2.36 bits per heavy atom. The van der Waals surface area contributed by atoms with Gasteiger partial charge in [-0.25, -0.2) is 4.79 Å². The van der Waals surface area contributed by atoms with E-state index in [1.807, 2.05) is 4.90 Å². The van der Waals surface area contributed by atoms with Gasteiger partial charge in [-0.15, -0.1) is 23.2 Å². The lowest BCUT2D eigenvalue weighted by atomic mass is 10.5. The number of ether oxygens (including phenoxy) is 1. The van der Waals surface area contributed by atoms with Crippen LogP contribution in [0.1, 0.15) is 6.92 Å². The van der Waals surface area contributed by atoms with Crippen LogP contribution in [0.2, 0.25) is 0 Å². The SMILES string of the molecule is CCOC(=O)C=CN(CCCl)CCCl. The number of nitrogens with zero attached hydrogens (tertiary/aromatic N) is 1. The third-order valence-corrected chi connectivity index (χ3v) is 1.79. The minimum absolute atomic E-state index is 0.346. The van der Waals surface area contributed by atoms with Gasteiger partial charge in [0.05, 0.1) is 6.61 Å². The summed E-state index contributed by atoms with van der Waals surface area (Å²) in [4.78, 5) is 12.8. The Hall–Kier alpha value is -0.410. The maximum absolute atomic E-state index is 11.0. The van der Waals surface area contributed by atoms with E-state index in [0.717, 1.165) is 0 Å². The second-order valence-corrected chi connectivity index (χ2v) is 3.24. The van der Waals surface area contributed by atoms with Crippen molar-refractivity contribution in [3.05, 3.63) is 12.3 Å². The average Bonchev–Trinajstić information content (AvgIpc) is 2.15. The Kier molecular flexibility index (Phi) is 8.89. The minimum Gasteiger partial charge on any atom is -0.463 e. The predicted molar refractivity (Wildman–Crippen MR) is 58.8 cm³/mol. The summed E-state index contributed by atoms with van der Waals surface area (Å²) in [6.45, 7) is 3.49. The predicted octanol–water partition coefficient (Wildman–Crippen LogP) is 1.84. The lowest BCUT2D eigenvalue weighted by Crippen LogP contribution is -2.22. The molecule has 0 rings (SSSR count). The highest BCUT2D eigenvalue weighted by Gasteiger charge is 1.99. The minimum atomic E-state index is -0.346. The third-order valence-electron chi connectivity index (χ3n) is 1.45. The number of carbonyl (C=O) groups excluding carboxylic acids is 1. The smallest absolute Gasteiger partial charge is 0.332 e. The van der Waals surface area contributed by atoms with Crippen molar-refractivity contribution < 1.29 is 9.53 Å². The van der Waals surface area contributed by atoms with Crippen molar-refractivity contribution in [2.75, 3.05) is 31.5 Å². The Morgan fingerprint density at radius 2 is 1.93 bits per heavy atom. The van der Waals surface area contributed by atoms with Crippen LogP contribution in [0.4, 0.5) is 0 Å². The quantitative estimate of drug-likeness (QED) is 0.386. The highest BCUT2D eigenvalue weighted by molar-refractivity contribution is 6.18. The van der Waals surface area contributed by atoms with E-state index in [1.54, 1.807) is 13.1 Å². The average molecular weight is 240 g/mol. The molecule has 14 heavy (non-hydrogen) atoms. The molecule has 0 saturated heterocycles. The maximum Gasteiger partial charge on any atom is 0.332 e. The lowest BCUT2D eigenvalue weighted by Gasteiger charge is -2.16. The van der Waals surface area contributed by atoms with Gasteiger partial charge in [-0.2, -0.15) is 0 Å². The molecule has 0 aromatic rings. The van der Waals surface area contributed by atoms with Gasteiger partial charge in [0, 0.05) is 37.1 Å². The lowest BCUT2D eigenvalue weighted by molar-refractivity contribution is -0.137. The molecule has 0 unspecified atom stereocenters. The number of esters is 1. The van der Waals surface area contributed by atoms with Crippen molar-refractivity contribution in [2.45, 2.75) is 6.92 Å². The summed E-state index contributed by atoms with van der Waals surface area (Å²) in [7, 11) is 0. The molecule has 0 aliphatic carbocycles. The first-order valence-corrected chi connectivity index (χ1v) is 5.52. The largest absolute Gasteiger partial charge is 0.463 e. The van der Waals surface area contributed by atoms with Crippen molar-refractivity contribution in [1.82, 2.24) is 4.90 Å². The first kappa shape index (κ1) is 13.6. The van der Waals surface area contributed by atoms with Crippen LogP contribution in [0, 0.1) is 0 Å². The molecular weight excluding hydrogens is 225 g/mol. The molecule has 0 spiro atoms. The van der Waals surface area contributed by atoms with E-state index in [4.69, 9.17) is 27.9 Å². The molecule has 0 bridgehead atoms. The van der Waals surface area contributed by atoms with Gasteiger partial charge in [0.2, 0.25) is 0 Å². The monoisotopic (exact) mass is 239 g/mol. The second-order valence-electron chi connectivity index (χ2n) is 2.48. The van der Waals surface area contributed by atoms with Crippen molar-refractivity contribution in [3.8, 4) is 0 Å². The van der Waals surface area contributed by atoms with Crippen molar-refractivity contribution in [2.24, 2.45) is 0 Å². The van der Waals surface area contributed by atoms with E-state index in [9.17, 15) is 4.79 Å². The van der Waals surface area contributed by atoms with Crippen LogP contribution in [-0.4, -0.2) is 42.3 Å². The van der Waals surface area contributed by atoms with Crippen molar-refractivity contribution in [1.29, 1.82) is 0 Å². The Balaban J connectivity index is 3.93. The van der Waals surface area contributed by atoms with Gasteiger partial charge in [0.25, 0.3) is 0 Å². The van der Waals surface area contributed by atoms with Crippen LogP contribution in [0.15, 0.2) is 12.3 Å². The molecule has 0 saturated carbocycles. The van der Waals surface area contributed by atoms with Crippen LogP contribution in [0.5, 0.6) is 0 Å². The fourth-order valence-corrected chi connectivity index (χ4v) is 1.27. The standard InChI is InChI=1S/C9H15Cl2NO2/c1-2-14-9(13)3-6-12(7-4-10)8-5-11/h3,6H,2,4-5,7-8H2,1H3. The fraction of sp³-hybridized carbons (Fsp3) is 0.667. The Labute approximate surface area is 94.6 Å². The molecule has 0 amide bonds. The van der Waals surface area contributed by atoms with Crippen LogP contribution >= 0.6 is 23.2 Å². The maximum atomic E-state index is 11.0. The number of hydrogen-bond acceptors (Lipinski definition) is 3. The topological polar surface area (TPSA) is 29.5 Å². The summed E-state index contributed by atoms with van der Waals surface area (Å²) < 4.78 is 4.73. The van der Waals surface area contributed by atoms with Crippen LogP contribution in [0.3, 0.4) is 0 Å². The zero-order valence-corrected chi connectivity index (χ0v) is 9.72. The first-order valence-electron chi connectivity index (χ1n) is 4.45. The van der Waals surface area contributed by atoms with E-state index in [0.29, 0.717) is 31.5 Å². The van der Waals surface area contributed by atoms with Gasteiger partial charge in [0.1, 0.15) is 0 Å². The van der Waals surface area contributed by atoms with E-state index >= 15 is 0 Å². The van der Waals surface area contributed by atoms with Gasteiger partial charge in [-0.05, 0) is 6.92 Å². The number of halogens is 2. The third kappa shape index (κ3) is 7.04. The van der Waals surface area contributed by atoms with E-state index in [2.05, 4.69) is 0 Å².